The smallest absolute Gasteiger partial charge is 0.273 e. The molecule has 0 fully saturated rings. The van der Waals surface area contributed by atoms with Gasteiger partial charge in [-0.25, -0.2) is 4.68 Å². The lowest BCUT2D eigenvalue weighted by Crippen LogP contribution is -2.28. The lowest BCUT2D eigenvalue weighted by atomic mass is 10.2. The predicted molar refractivity (Wildman–Crippen MR) is 78.3 cm³/mol. The van der Waals surface area contributed by atoms with Crippen molar-refractivity contribution in [3.63, 3.8) is 0 Å². The molecule has 1 heterocycles. The van der Waals surface area contributed by atoms with E-state index in [1.54, 1.807) is 16.8 Å². The predicted octanol–water partition coefficient (Wildman–Crippen LogP) is 2.61. The maximum Gasteiger partial charge on any atom is 0.273 e. The van der Waals surface area contributed by atoms with Gasteiger partial charge >= 0.3 is 0 Å². The second kappa shape index (κ2) is 6.05. The van der Waals surface area contributed by atoms with E-state index in [9.17, 15) is 4.79 Å². The quantitative estimate of drug-likeness (QED) is 0.942. The molecule has 106 valence electrons. The summed E-state index contributed by atoms with van der Waals surface area (Å²) in [5.74, 6) is 0.196. The fourth-order valence-corrected chi connectivity index (χ4v) is 1.87. The molecular formula is C14H17ClN4O. The molecule has 1 N–H and O–H groups in total. The normalized spacial score (nSPS) is 10.8. The largest absolute Gasteiger partial charge is 0.350 e. The van der Waals surface area contributed by atoms with Crippen molar-refractivity contribution in [1.29, 1.82) is 0 Å². The van der Waals surface area contributed by atoms with Gasteiger partial charge in [0.25, 0.3) is 5.91 Å². The van der Waals surface area contributed by atoms with Gasteiger partial charge in [0.2, 0.25) is 0 Å². The third-order valence-corrected chi connectivity index (χ3v) is 3.10. The molecule has 2 aromatic rings. The van der Waals surface area contributed by atoms with Gasteiger partial charge in [-0.1, -0.05) is 30.7 Å². The molecular weight excluding hydrogens is 276 g/mol. The minimum absolute atomic E-state index is 0.198. The molecule has 20 heavy (non-hydrogen) atoms. The first-order valence-corrected chi connectivity index (χ1v) is 6.83. The van der Waals surface area contributed by atoms with Gasteiger partial charge in [-0.05, 0) is 37.1 Å². The van der Waals surface area contributed by atoms with Crippen LogP contribution >= 0.6 is 11.6 Å². The van der Waals surface area contributed by atoms with Crippen molar-refractivity contribution >= 4 is 17.5 Å². The summed E-state index contributed by atoms with van der Waals surface area (Å²) in [4.78, 5) is 12.0. The Bertz CT molecular complexity index is 604. The molecule has 0 unspecified atom stereocenters. The summed E-state index contributed by atoms with van der Waals surface area (Å²) in [6.45, 7) is 6.51. The van der Waals surface area contributed by atoms with Gasteiger partial charge < -0.3 is 5.32 Å². The van der Waals surface area contributed by atoms with Gasteiger partial charge in [-0.3, -0.25) is 4.79 Å². The van der Waals surface area contributed by atoms with Gasteiger partial charge in [0.1, 0.15) is 0 Å². The molecule has 0 aliphatic rings. The highest BCUT2D eigenvalue weighted by Gasteiger charge is 2.17. The molecule has 0 spiro atoms. The first kappa shape index (κ1) is 14.5. The van der Waals surface area contributed by atoms with E-state index in [4.69, 9.17) is 11.6 Å². The number of halogens is 1. The maximum atomic E-state index is 12.0. The molecule has 0 saturated heterocycles. The number of aromatic nitrogens is 3. The zero-order chi connectivity index (χ0) is 14.7. The highest BCUT2D eigenvalue weighted by atomic mass is 35.5. The third kappa shape index (κ3) is 3.17. The van der Waals surface area contributed by atoms with Crippen LogP contribution in [0.15, 0.2) is 24.3 Å². The fourth-order valence-electron chi connectivity index (χ4n) is 1.75. The van der Waals surface area contributed by atoms with Crippen LogP contribution in [-0.2, 0) is 0 Å². The van der Waals surface area contributed by atoms with Gasteiger partial charge in [0.15, 0.2) is 5.69 Å². The number of carbonyl (C=O) groups is 1. The average Bonchev–Trinajstić information content (AvgIpc) is 2.79. The van der Waals surface area contributed by atoms with Crippen LogP contribution in [0.25, 0.3) is 5.69 Å². The lowest BCUT2D eigenvalue weighted by molar-refractivity contribution is 0.0943. The molecule has 0 atom stereocenters. The molecule has 0 aliphatic carbocycles. The summed E-state index contributed by atoms with van der Waals surface area (Å²) in [6, 6.07) is 7.21. The van der Waals surface area contributed by atoms with Crippen LogP contribution in [0.2, 0.25) is 5.02 Å². The second-order valence-electron chi connectivity index (χ2n) is 5.02. The Labute approximate surface area is 122 Å². The summed E-state index contributed by atoms with van der Waals surface area (Å²) in [7, 11) is 0. The van der Waals surface area contributed by atoms with Crippen molar-refractivity contribution in [3.8, 4) is 5.69 Å². The van der Waals surface area contributed by atoms with E-state index in [1.807, 2.05) is 32.9 Å². The second-order valence-corrected chi connectivity index (χ2v) is 5.45. The van der Waals surface area contributed by atoms with Crippen LogP contribution in [0.4, 0.5) is 0 Å². The summed E-state index contributed by atoms with van der Waals surface area (Å²) in [5, 5.41) is 11.5. The average molecular weight is 293 g/mol. The first-order valence-electron chi connectivity index (χ1n) is 6.45. The molecule has 1 aromatic carbocycles. The van der Waals surface area contributed by atoms with Crippen molar-refractivity contribution in [2.45, 2.75) is 20.8 Å². The summed E-state index contributed by atoms with van der Waals surface area (Å²) in [5.41, 5.74) is 1.87. The van der Waals surface area contributed by atoms with E-state index in [1.165, 1.54) is 0 Å². The number of hydrogen-bond acceptors (Lipinski definition) is 3. The van der Waals surface area contributed by atoms with Crippen LogP contribution < -0.4 is 5.32 Å². The van der Waals surface area contributed by atoms with E-state index >= 15 is 0 Å². The number of benzene rings is 1. The first-order chi connectivity index (χ1) is 9.49. The zero-order valence-corrected chi connectivity index (χ0v) is 12.5. The summed E-state index contributed by atoms with van der Waals surface area (Å²) in [6.07, 6.45) is 0. The number of hydrogen-bond donors (Lipinski definition) is 1. The van der Waals surface area contributed by atoms with Crippen LogP contribution in [0.5, 0.6) is 0 Å². The molecule has 5 nitrogen and oxygen atoms in total. The van der Waals surface area contributed by atoms with E-state index in [2.05, 4.69) is 15.6 Å². The van der Waals surface area contributed by atoms with Crippen molar-refractivity contribution in [1.82, 2.24) is 20.3 Å². The Morgan fingerprint density at radius 1 is 1.35 bits per heavy atom. The number of carbonyl (C=O) groups excluding carboxylic acids is 1. The monoisotopic (exact) mass is 292 g/mol. The minimum atomic E-state index is -0.198. The molecule has 0 saturated carbocycles. The Hall–Kier alpha value is -1.88. The highest BCUT2D eigenvalue weighted by Crippen LogP contribution is 2.15. The van der Waals surface area contributed by atoms with Crippen LogP contribution in [0.3, 0.4) is 0 Å². The molecule has 0 radical (unpaired) electrons. The van der Waals surface area contributed by atoms with E-state index < -0.39 is 0 Å². The topological polar surface area (TPSA) is 59.8 Å². The molecule has 1 aromatic heterocycles. The highest BCUT2D eigenvalue weighted by molar-refractivity contribution is 6.30. The Balaban J connectivity index is 2.22. The summed E-state index contributed by atoms with van der Waals surface area (Å²) < 4.78 is 1.63. The number of nitrogens with zero attached hydrogens (tertiary/aromatic N) is 3. The number of rotatable bonds is 4. The van der Waals surface area contributed by atoms with Crippen LogP contribution in [0, 0.1) is 12.8 Å². The van der Waals surface area contributed by atoms with E-state index in [-0.39, 0.29) is 5.91 Å². The van der Waals surface area contributed by atoms with Crippen molar-refractivity contribution in [2.75, 3.05) is 6.54 Å². The lowest BCUT2D eigenvalue weighted by Gasteiger charge is -2.06. The maximum absolute atomic E-state index is 12.0. The summed E-state index contributed by atoms with van der Waals surface area (Å²) >= 11 is 5.86. The van der Waals surface area contributed by atoms with E-state index in [0.29, 0.717) is 28.9 Å². The zero-order valence-electron chi connectivity index (χ0n) is 11.7. The van der Waals surface area contributed by atoms with Crippen molar-refractivity contribution in [2.24, 2.45) is 5.92 Å². The number of amides is 1. The Morgan fingerprint density at radius 3 is 2.60 bits per heavy atom. The van der Waals surface area contributed by atoms with E-state index in [0.717, 1.165) is 5.69 Å². The standard InChI is InChI=1S/C14H17ClN4O/c1-9(2)8-16-14(20)13-10(3)19(18-17-13)12-6-4-11(15)5-7-12/h4-7,9H,8H2,1-3H3,(H,16,20). The number of nitrogens with one attached hydrogen (secondary N) is 1. The SMILES string of the molecule is Cc1c(C(=O)NCC(C)C)nnn1-c1ccc(Cl)cc1. The van der Waals surface area contributed by atoms with Crippen LogP contribution in [-0.4, -0.2) is 27.4 Å². The third-order valence-electron chi connectivity index (χ3n) is 2.85. The van der Waals surface area contributed by atoms with Gasteiger partial charge in [0, 0.05) is 11.6 Å². The molecule has 0 aliphatic heterocycles. The Morgan fingerprint density at radius 2 is 2.00 bits per heavy atom. The van der Waals surface area contributed by atoms with Gasteiger partial charge in [-0.15, -0.1) is 5.10 Å². The Kier molecular flexibility index (Phi) is 4.39. The molecule has 6 heteroatoms. The fraction of sp³-hybridized carbons (Fsp3) is 0.357. The molecule has 1 amide bonds. The molecule has 0 bridgehead atoms. The van der Waals surface area contributed by atoms with Crippen LogP contribution in [0.1, 0.15) is 30.0 Å². The van der Waals surface area contributed by atoms with Crippen molar-refractivity contribution < 1.29 is 4.79 Å². The molecule has 2 rings (SSSR count). The van der Waals surface area contributed by atoms with Crippen molar-refractivity contribution in [3.05, 3.63) is 40.7 Å². The van der Waals surface area contributed by atoms with Gasteiger partial charge in [-0.2, -0.15) is 0 Å². The minimum Gasteiger partial charge on any atom is -0.350 e. The van der Waals surface area contributed by atoms with Gasteiger partial charge in [0.05, 0.1) is 11.4 Å².